The smallest absolute Gasteiger partial charge is 0.120 e. The molecule has 1 unspecified atom stereocenters. The van der Waals surface area contributed by atoms with Crippen LogP contribution in [-0.2, 0) is 6.42 Å². The average molecular weight is 277 g/mol. The molecule has 1 aromatic carbocycles. The van der Waals surface area contributed by atoms with Crippen LogP contribution >= 0.6 is 11.6 Å². The second-order valence-electron chi connectivity index (χ2n) is 4.39. The number of nitrogens with two attached hydrogens (primary N) is 1. The van der Waals surface area contributed by atoms with E-state index < -0.39 is 0 Å². The fraction of sp³-hybridized carbons (Fsp3) is 0.267. The van der Waals surface area contributed by atoms with Gasteiger partial charge in [0.1, 0.15) is 5.75 Å². The third-order valence-electron chi connectivity index (χ3n) is 2.82. The van der Waals surface area contributed by atoms with Crippen molar-refractivity contribution in [3.63, 3.8) is 0 Å². The molecular formula is C15H17ClN2O. The van der Waals surface area contributed by atoms with E-state index in [2.05, 4.69) is 4.98 Å². The molecule has 0 amide bonds. The summed E-state index contributed by atoms with van der Waals surface area (Å²) < 4.78 is 5.66. The van der Waals surface area contributed by atoms with Crippen LogP contribution in [0.5, 0.6) is 5.75 Å². The minimum absolute atomic E-state index is 0.0740. The number of ether oxygens (including phenoxy) is 1. The zero-order chi connectivity index (χ0) is 13.7. The first-order valence-electron chi connectivity index (χ1n) is 6.24. The Morgan fingerprint density at radius 3 is 2.79 bits per heavy atom. The summed E-state index contributed by atoms with van der Waals surface area (Å²) in [5, 5.41) is 0.644. The van der Waals surface area contributed by atoms with Gasteiger partial charge in [-0.2, -0.15) is 0 Å². The molecule has 1 aromatic heterocycles. The fourth-order valence-corrected chi connectivity index (χ4v) is 2.13. The molecule has 1 atom stereocenters. The topological polar surface area (TPSA) is 48.1 Å². The van der Waals surface area contributed by atoms with Crippen LogP contribution in [0.3, 0.4) is 0 Å². The van der Waals surface area contributed by atoms with E-state index in [1.54, 1.807) is 12.3 Å². The molecule has 3 nitrogen and oxygen atoms in total. The van der Waals surface area contributed by atoms with Gasteiger partial charge in [-0.15, -0.1) is 0 Å². The van der Waals surface area contributed by atoms with Gasteiger partial charge in [-0.3, -0.25) is 4.98 Å². The summed E-state index contributed by atoms with van der Waals surface area (Å²) in [6.07, 6.45) is 2.55. The van der Waals surface area contributed by atoms with E-state index in [9.17, 15) is 0 Å². The van der Waals surface area contributed by atoms with Crippen molar-refractivity contribution in [1.29, 1.82) is 0 Å². The molecule has 0 bridgehead atoms. The maximum Gasteiger partial charge on any atom is 0.120 e. The van der Waals surface area contributed by atoms with Crippen LogP contribution in [0.15, 0.2) is 42.6 Å². The van der Waals surface area contributed by atoms with Crippen molar-refractivity contribution in [2.24, 2.45) is 5.73 Å². The van der Waals surface area contributed by atoms with Gasteiger partial charge in [0.15, 0.2) is 0 Å². The van der Waals surface area contributed by atoms with Gasteiger partial charge in [-0.1, -0.05) is 23.7 Å². The fourth-order valence-electron chi connectivity index (χ4n) is 1.79. The Kier molecular flexibility index (Phi) is 4.77. The van der Waals surface area contributed by atoms with Gasteiger partial charge in [0.25, 0.3) is 0 Å². The maximum absolute atomic E-state index is 6.15. The predicted octanol–water partition coefficient (Wildman–Crippen LogP) is 3.38. The number of hydrogen-bond acceptors (Lipinski definition) is 3. The zero-order valence-electron chi connectivity index (χ0n) is 10.8. The van der Waals surface area contributed by atoms with Gasteiger partial charge < -0.3 is 10.5 Å². The molecule has 0 aliphatic rings. The standard InChI is InChI=1S/C15H17ClN2O/c1-11(17)14-6-5-13(10-15(14)16)19-9-7-12-4-2-3-8-18-12/h2-6,8,10-11H,7,9,17H2,1H3. The van der Waals surface area contributed by atoms with Gasteiger partial charge in [0.05, 0.1) is 6.61 Å². The molecule has 0 aliphatic carbocycles. The maximum atomic E-state index is 6.15. The van der Waals surface area contributed by atoms with E-state index in [0.29, 0.717) is 11.6 Å². The first kappa shape index (κ1) is 13.8. The summed E-state index contributed by atoms with van der Waals surface area (Å²) in [5.41, 5.74) is 7.75. The Morgan fingerprint density at radius 1 is 1.32 bits per heavy atom. The predicted molar refractivity (Wildman–Crippen MR) is 77.5 cm³/mol. The Balaban J connectivity index is 1.92. The third-order valence-corrected chi connectivity index (χ3v) is 3.14. The first-order chi connectivity index (χ1) is 9.16. The van der Waals surface area contributed by atoms with Crippen molar-refractivity contribution in [3.05, 3.63) is 58.9 Å². The minimum Gasteiger partial charge on any atom is -0.493 e. The summed E-state index contributed by atoms with van der Waals surface area (Å²) in [4.78, 5) is 4.24. The lowest BCUT2D eigenvalue weighted by Gasteiger charge is -2.11. The lowest BCUT2D eigenvalue weighted by molar-refractivity contribution is 0.320. The Labute approximate surface area is 118 Å². The van der Waals surface area contributed by atoms with Crippen molar-refractivity contribution < 1.29 is 4.74 Å². The largest absolute Gasteiger partial charge is 0.493 e. The van der Waals surface area contributed by atoms with Crippen molar-refractivity contribution in [1.82, 2.24) is 4.98 Å². The quantitative estimate of drug-likeness (QED) is 0.911. The molecular weight excluding hydrogens is 260 g/mol. The molecule has 0 radical (unpaired) electrons. The van der Waals surface area contributed by atoms with Gasteiger partial charge in [-0.05, 0) is 36.8 Å². The van der Waals surface area contributed by atoms with E-state index in [0.717, 1.165) is 23.4 Å². The highest BCUT2D eigenvalue weighted by molar-refractivity contribution is 6.31. The second-order valence-corrected chi connectivity index (χ2v) is 4.80. The summed E-state index contributed by atoms with van der Waals surface area (Å²) in [6.45, 7) is 2.48. The van der Waals surface area contributed by atoms with Crippen LogP contribution in [0.1, 0.15) is 24.2 Å². The van der Waals surface area contributed by atoms with Crippen molar-refractivity contribution in [2.45, 2.75) is 19.4 Å². The molecule has 4 heteroatoms. The lowest BCUT2D eigenvalue weighted by Crippen LogP contribution is -2.06. The van der Waals surface area contributed by atoms with Crippen LogP contribution < -0.4 is 10.5 Å². The van der Waals surface area contributed by atoms with E-state index in [4.69, 9.17) is 22.1 Å². The highest BCUT2D eigenvalue weighted by atomic mass is 35.5. The van der Waals surface area contributed by atoms with Gasteiger partial charge in [0.2, 0.25) is 0 Å². The number of nitrogens with zero attached hydrogens (tertiary/aromatic N) is 1. The van der Waals surface area contributed by atoms with E-state index >= 15 is 0 Å². The SMILES string of the molecule is CC(N)c1ccc(OCCc2ccccn2)cc1Cl. The Morgan fingerprint density at radius 2 is 2.16 bits per heavy atom. The monoisotopic (exact) mass is 276 g/mol. The highest BCUT2D eigenvalue weighted by Crippen LogP contribution is 2.26. The Bertz CT molecular complexity index is 529. The summed E-state index contributed by atoms with van der Waals surface area (Å²) in [6, 6.07) is 11.4. The van der Waals surface area contributed by atoms with Crippen LogP contribution in [0.2, 0.25) is 5.02 Å². The number of aromatic nitrogens is 1. The highest BCUT2D eigenvalue weighted by Gasteiger charge is 2.06. The van der Waals surface area contributed by atoms with Crippen molar-refractivity contribution in [3.8, 4) is 5.75 Å². The average Bonchev–Trinajstić information content (AvgIpc) is 2.39. The number of halogens is 1. The summed E-state index contributed by atoms with van der Waals surface area (Å²) in [5.74, 6) is 0.755. The van der Waals surface area contributed by atoms with E-state index in [1.165, 1.54) is 0 Å². The van der Waals surface area contributed by atoms with E-state index in [-0.39, 0.29) is 6.04 Å². The van der Waals surface area contributed by atoms with Gasteiger partial charge in [0, 0.05) is 29.4 Å². The first-order valence-corrected chi connectivity index (χ1v) is 6.62. The Hall–Kier alpha value is -1.58. The van der Waals surface area contributed by atoms with Crippen LogP contribution in [0.4, 0.5) is 0 Å². The molecule has 0 saturated carbocycles. The third kappa shape index (κ3) is 3.94. The molecule has 0 fully saturated rings. The molecule has 2 N–H and O–H groups in total. The number of hydrogen-bond donors (Lipinski definition) is 1. The second kappa shape index (κ2) is 6.55. The lowest BCUT2D eigenvalue weighted by atomic mass is 10.1. The minimum atomic E-state index is -0.0740. The molecule has 19 heavy (non-hydrogen) atoms. The molecule has 0 spiro atoms. The van der Waals surface area contributed by atoms with Gasteiger partial charge in [-0.25, -0.2) is 0 Å². The molecule has 0 aliphatic heterocycles. The van der Waals surface area contributed by atoms with Crippen molar-refractivity contribution in [2.75, 3.05) is 6.61 Å². The van der Waals surface area contributed by atoms with E-state index in [1.807, 2.05) is 37.3 Å². The summed E-state index contributed by atoms with van der Waals surface area (Å²) >= 11 is 6.15. The summed E-state index contributed by atoms with van der Waals surface area (Å²) in [7, 11) is 0. The molecule has 0 saturated heterocycles. The number of benzene rings is 1. The molecule has 2 aromatic rings. The normalized spacial score (nSPS) is 12.2. The number of pyridine rings is 1. The van der Waals surface area contributed by atoms with Crippen LogP contribution in [0.25, 0.3) is 0 Å². The van der Waals surface area contributed by atoms with Crippen molar-refractivity contribution >= 4 is 11.6 Å². The van der Waals surface area contributed by atoms with Crippen LogP contribution in [-0.4, -0.2) is 11.6 Å². The molecule has 1 heterocycles. The van der Waals surface area contributed by atoms with Gasteiger partial charge >= 0.3 is 0 Å². The van der Waals surface area contributed by atoms with Crippen LogP contribution in [0, 0.1) is 0 Å². The number of rotatable bonds is 5. The molecule has 2 rings (SSSR count). The molecule has 100 valence electrons. The zero-order valence-corrected chi connectivity index (χ0v) is 11.6.